The predicted octanol–water partition coefficient (Wildman–Crippen LogP) is 1.87. The molecule has 1 unspecified atom stereocenters. The Balaban J connectivity index is 1.75. The van der Waals surface area contributed by atoms with E-state index in [-0.39, 0.29) is 5.69 Å². The van der Waals surface area contributed by atoms with Gasteiger partial charge in [-0.2, -0.15) is 9.97 Å². The molecule has 2 aromatic heterocycles. The number of anilines is 2. The minimum atomic E-state index is -0.191. The Morgan fingerprint density at radius 3 is 3.04 bits per heavy atom. The van der Waals surface area contributed by atoms with Crippen molar-refractivity contribution in [3.05, 3.63) is 10.5 Å². The Morgan fingerprint density at radius 1 is 1.42 bits per heavy atom. The number of nitrogens with zero attached hydrogens (tertiary/aromatic N) is 3. The zero-order valence-electron chi connectivity index (χ0n) is 14.2. The van der Waals surface area contributed by atoms with Crippen molar-refractivity contribution >= 4 is 22.9 Å². The van der Waals surface area contributed by atoms with Crippen LogP contribution in [0.3, 0.4) is 0 Å². The van der Waals surface area contributed by atoms with Crippen LogP contribution in [0.5, 0.6) is 0 Å². The van der Waals surface area contributed by atoms with Gasteiger partial charge in [-0.05, 0) is 32.1 Å². The summed E-state index contributed by atoms with van der Waals surface area (Å²) < 4.78 is 7.28. The second-order valence-electron chi connectivity index (χ2n) is 6.27. The van der Waals surface area contributed by atoms with Crippen LogP contribution in [0.4, 0.5) is 11.8 Å². The van der Waals surface area contributed by atoms with E-state index in [1.807, 2.05) is 0 Å². The summed E-state index contributed by atoms with van der Waals surface area (Å²) in [5.74, 6) is 0.773. The van der Waals surface area contributed by atoms with E-state index in [0.717, 1.165) is 51.7 Å². The fraction of sp³-hybridized carbons (Fsp3) is 0.688. The molecule has 1 aliphatic heterocycles. The number of aromatic amines is 1. The van der Waals surface area contributed by atoms with Crippen LogP contribution < -0.4 is 16.7 Å². The molecule has 1 aliphatic rings. The number of ether oxygens (including phenoxy) is 1. The Morgan fingerprint density at radius 2 is 2.29 bits per heavy atom. The molecule has 1 fully saturated rings. The molecule has 1 saturated heterocycles. The molecule has 3 heterocycles. The molecule has 0 aromatic carbocycles. The number of hydrogen-bond donors (Lipinski definition) is 3. The molecule has 2 aromatic rings. The van der Waals surface area contributed by atoms with Crippen molar-refractivity contribution < 1.29 is 4.74 Å². The van der Waals surface area contributed by atoms with E-state index >= 15 is 0 Å². The smallest absolute Gasteiger partial charge is 0.327 e. The van der Waals surface area contributed by atoms with Crippen molar-refractivity contribution in [2.75, 3.05) is 24.2 Å². The summed E-state index contributed by atoms with van der Waals surface area (Å²) in [6.45, 7) is 4.37. The minimum absolute atomic E-state index is 0.191. The van der Waals surface area contributed by atoms with Gasteiger partial charge in [-0.15, -0.1) is 0 Å². The average Bonchev–Trinajstić information content (AvgIpc) is 3.17. The second kappa shape index (κ2) is 7.65. The first-order valence-corrected chi connectivity index (χ1v) is 8.80. The Kier molecular flexibility index (Phi) is 5.34. The summed E-state index contributed by atoms with van der Waals surface area (Å²) in [4.78, 5) is 23.7. The molecule has 3 rings (SSSR count). The van der Waals surface area contributed by atoms with Crippen LogP contribution in [0.15, 0.2) is 4.79 Å². The van der Waals surface area contributed by atoms with Gasteiger partial charge in [-0.1, -0.05) is 13.3 Å². The van der Waals surface area contributed by atoms with Crippen LogP contribution in [0.1, 0.15) is 45.4 Å². The van der Waals surface area contributed by atoms with Crippen LogP contribution in [0, 0.1) is 0 Å². The number of fused-ring (bicyclic) bond motifs is 1. The van der Waals surface area contributed by atoms with E-state index in [1.54, 1.807) is 4.57 Å². The largest absolute Gasteiger partial charge is 0.382 e. The molecular weight excluding hydrogens is 308 g/mol. The summed E-state index contributed by atoms with van der Waals surface area (Å²) in [7, 11) is 0. The monoisotopic (exact) mass is 334 g/mol. The standard InChI is InChI=1S/C16H26N6O2/c1-2-3-8-18-15-20-13(17)12-14(21-15)22(16(23)19-12)9-4-6-11-7-5-10-24-11/h11H,2-10H2,1H3,(H,19,23)(H3,17,18,20,21). The lowest BCUT2D eigenvalue weighted by Crippen LogP contribution is -2.18. The Bertz CT molecular complexity index is 732. The van der Waals surface area contributed by atoms with Crippen LogP contribution in [-0.2, 0) is 11.3 Å². The highest BCUT2D eigenvalue weighted by Gasteiger charge is 2.17. The SMILES string of the molecule is CCCCNc1nc(N)c2[nH]c(=O)n(CCCC3CCCO3)c2n1. The summed E-state index contributed by atoms with van der Waals surface area (Å²) >= 11 is 0. The fourth-order valence-electron chi connectivity index (χ4n) is 3.06. The van der Waals surface area contributed by atoms with Crippen molar-refractivity contribution in [2.45, 2.75) is 58.1 Å². The first-order valence-electron chi connectivity index (χ1n) is 8.80. The number of H-pyrrole nitrogens is 1. The third-order valence-corrected chi connectivity index (χ3v) is 4.40. The lowest BCUT2D eigenvalue weighted by Gasteiger charge is -2.09. The number of nitrogens with two attached hydrogens (primary N) is 1. The number of imidazole rings is 1. The molecule has 0 aliphatic carbocycles. The molecule has 0 amide bonds. The van der Waals surface area contributed by atoms with Crippen LogP contribution in [-0.4, -0.2) is 38.8 Å². The molecule has 132 valence electrons. The minimum Gasteiger partial charge on any atom is -0.382 e. The lowest BCUT2D eigenvalue weighted by molar-refractivity contribution is 0.101. The maximum atomic E-state index is 12.2. The summed E-state index contributed by atoms with van der Waals surface area (Å²) in [6, 6.07) is 0. The van der Waals surface area contributed by atoms with Crippen molar-refractivity contribution in [2.24, 2.45) is 0 Å². The van der Waals surface area contributed by atoms with Gasteiger partial charge in [-0.3, -0.25) is 4.57 Å². The molecule has 4 N–H and O–H groups in total. The third-order valence-electron chi connectivity index (χ3n) is 4.40. The van der Waals surface area contributed by atoms with Gasteiger partial charge in [0.1, 0.15) is 5.52 Å². The Hall–Kier alpha value is -2.09. The van der Waals surface area contributed by atoms with Crippen LogP contribution in [0.25, 0.3) is 11.2 Å². The molecular formula is C16H26N6O2. The van der Waals surface area contributed by atoms with E-state index in [4.69, 9.17) is 10.5 Å². The van der Waals surface area contributed by atoms with Crippen LogP contribution in [0.2, 0.25) is 0 Å². The average molecular weight is 334 g/mol. The topological polar surface area (TPSA) is 111 Å². The highest BCUT2D eigenvalue weighted by atomic mass is 16.5. The van der Waals surface area contributed by atoms with Crippen molar-refractivity contribution in [3.8, 4) is 0 Å². The van der Waals surface area contributed by atoms with Gasteiger partial charge in [0.2, 0.25) is 5.95 Å². The van der Waals surface area contributed by atoms with Crippen molar-refractivity contribution in [1.29, 1.82) is 0 Å². The first-order chi connectivity index (χ1) is 11.7. The van der Waals surface area contributed by atoms with Gasteiger partial charge in [0.05, 0.1) is 6.10 Å². The van der Waals surface area contributed by atoms with Gasteiger partial charge >= 0.3 is 5.69 Å². The molecule has 0 radical (unpaired) electrons. The van der Waals surface area contributed by atoms with E-state index in [2.05, 4.69) is 27.2 Å². The quantitative estimate of drug-likeness (QED) is 0.636. The molecule has 24 heavy (non-hydrogen) atoms. The molecule has 0 spiro atoms. The third kappa shape index (κ3) is 3.69. The van der Waals surface area contributed by atoms with Gasteiger partial charge in [0, 0.05) is 19.7 Å². The summed E-state index contributed by atoms with van der Waals surface area (Å²) in [6.07, 6.45) is 6.53. The maximum absolute atomic E-state index is 12.2. The number of nitrogen functional groups attached to an aromatic ring is 1. The maximum Gasteiger partial charge on any atom is 0.327 e. The number of hydrogen-bond acceptors (Lipinski definition) is 6. The molecule has 8 heteroatoms. The van der Waals surface area contributed by atoms with Gasteiger partial charge in [-0.25, -0.2) is 4.79 Å². The Labute approximate surface area is 140 Å². The molecule has 8 nitrogen and oxygen atoms in total. The van der Waals surface area contributed by atoms with Crippen molar-refractivity contribution in [3.63, 3.8) is 0 Å². The van der Waals surface area contributed by atoms with Gasteiger partial charge in [0.15, 0.2) is 11.5 Å². The van der Waals surface area contributed by atoms with Gasteiger partial charge < -0.3 is 20.8 Å². The highest BCUT2D eigenvalue weighted by molar-refractivity contribution is 5.82. The molecule has 0 saturated carbocycles. The lowest BCUT2D eigenvalue weighted by atomic mass is 10.1. The normalized spacial score (nSPS) is 17.6. The number of aromatic nitrogens is 4. The highest BCUT2D eigenvalue weighted by Crippen LogP contribution is 2.19. The van der Waals surface area contributed by atoms with E-state index in [9.17, 15) is 4.79 Å². The number of rotatable bonds is 8. The molecule has 1 atom stereocenters. The molecule has 0 bridgehead atoms. The zero-order valence-corrected chi connectivity index (χ0v) is 14.2. The van der Waals surface area contributed by atoms with Gasteiger partial charge in [0.25, 0.3) is 0 Å². The summed E-state index contributed by atoms with van der Waals surface area (Å²) in [5, 5.41) is 3.16. The number of unbranched alkanes of at least 4 members (excludes halogenated alkanes) is 1. The predicted molar refractivity (Wildman–Crippen MR) is 94.2 cm³/mol. The van der Waals surface area contributed by atoms with Crippen molar-refractivity contribution in [1.82, 2.24) is 19.5 Å². The fourth-order valence-corrected chi connectivity index (χ4v) is 3.06. The first kappa shape index (κ1) is 16.8. The van der Waals surface area contributed by atoms with E-state index in [0.29, 0.717) is 35.6 Å². The second-order valence-corrected chi connectivity index (χ2v) is 6.27. The summed E-state index contributed by atoms with van der Waals surface area (Å²) in [5.41, 5.74) is 6.87. The zero-order chi connectivity index (χ0) is 16.9. The van der Waals surface area contributed by atoms with E-state index in [1.165, 1.54) is 0 Å². The van der Waals surface area contributed by atoms with E-state index < -0.39 is 0 Å². The number of nitrogens with one attached hydrogen (secondary N) is 2. The number of aryl methyl sites for hydroxylation is 1. The van der Waals surface area contributed by atoms with Crippen LogP contribution >= 0.6 is 0 Å².